The maximum atomic E-state index is 13.3. The van der Waals surface area contributed by atoms with E-state index in [2.05, 4.69) is 0 Å². The molecule has 0 aliphatic carbocycles. The summed E-state index contributed by atoms with van der Waals surface area (Å²) in [6.07, 6.45) is -3.18. The summed E-state index contributed by atoms with van der Waals surface area (Å²) in [6.45, 7) is 2.73. The first kappa shape index (κ1) is 16.7. The van der Waals surface area contributed by atoms with Crippen molar-refractivity contribution in [3.8, 4) is 0 Å². The minimum absolute atomic E-state index is 0.0884. The van der Waals surface area contributed by atoms with Gasteiger partial charge in [0.05, 0.1) is 5.56 Å². The molecule has 2 N–H and O–H groups in total. The third-order valence-electron chi connectivity index (χ3n) is 4.01. The predicted molar refractivity (Wildman–Crippen MR) is 73.7 cm³/mol. The van der Waals surface area contributed by atoms with Crippen molar-refractivity contribution in [2.75, 3.05) is 13.1 Å². The number of alkyl halides is 3. The summed E-state index contributed by atoms with van der Waals surface area (Å²) in [5, 5.41) is 0. The zero-order chi connectivity index (χ0) is 16.5. The molecule has 1 saturated heterocycles. The number of piperidine rings is 1. The molecule has 2 atom stereocenters. The molecule has 1 aromatic rings. The van der Waals surface area contributed by atoms with Gasteiger partial charge in [0.15, 0.2) is 0 Å². The summed E-state index contributed by atoms with van der Waals surface area (Å²) in [7, 11) is 0. The maximum absolute atomic E-state index is 13.3. The molecule has 3 nitrogen and oxygen atoms in total. The first-order valence-corrected chi connectivity index (χ1v) is 7.11. The Bertz CT molecular complexity index is 557. The molecule has 122 valence electrons. The highest BCUT2D eigenvalue weighted by Gasteiger charge is 2.35. The van der Waals surface area contributed by atoms with Crippen LogP contribution in [-0.2, 0) is 6.18 Å². The quantitative estimate of drug-likeness (QED) is 0.852. The van der Waals surface area contributed by atoms with Crippen LogP contribution in [0.4, 0.5) is 17.6 Å². The zero-order valence-electron chi connectivity index (χ0n) is 12.2. The summed E-state index contributed by atoms with van der Waals surface area (Å²) in [4.78, 5) is 13.8. The molecule has 7 heteroatoms. The number of benzene rings is 1. The predicted octanol–water partition coefficient (Wildman–Crippen LogP) is 3.04. The van der Waals surface area contributed by atoms with Gasteiger partial charge in [-0.25, -0.2) is 4.39 Å². The first-order valence-electron chi connectivity index (χ1n) is 7.11. The molecule has 1 aliphatic heterocycles. The van der Waals surface area contributed by atoms with Crippen LogP contribution in [0.25, 0.3) is 0 Å². The second-order valence-corrected chi connectivity index (χ2v) is 5.70. The Labute approximate surface area is 126 Å². The van der Waals surface area contributed by atoms with E-state index in [1.807, 2.05) is 6.92 Å². The summed E-state index contributed by atoms with van der Waals surface area (Å²) in [6, 6.07) is 2.26. The van der Waals surface area contributed by atoms with Gasteiger partial charge in [0, 0.05) is 24.7 Å². The highest BCUT2D eigenvalue weighted by molar-refractivity contribution is 5.94. The van der Waals surface area contributed by atoms with Gasteiger partial charge in [0.1, 0.15) is 5.82 Å². The number of likely N-dealkylation sites (tertiary alicyclic amines) is 1. The average molecular weight is 318 g/mol. The molecule has 1 amide bonds. The number of nitrogens with zero attached hydrogens (tertiary/aromatic N) is 1. The summed E-state index contributed by atoms with van der Waals surface area (Å²) in [5.41, 5.74) is 4.26. The Morgan fingerprint density at radius 2 is 2.09 bits per heavy atom. The Morgan fingerprint density at radius 3 is 2.68 bits per heavy atom. The minimum Gasteiger partial charge on any atom is -0.338 e. The van der Waals surface area contributed by atoms with Crippen LogP contribution in [0.2, 0.25) is 0 Å². The number of nitrogens with two attached hydrogens (primary N) is 1. The Kier molecular flexibility index (Phi) is 4.75. The number of hydrogen-bond acceptors (Lipinski definition) is 2. The van der Waals surface area contributed by atoms with Crippen LogP contribution in [0.1, 0.15) is 35.7 Å². The highest BCUT2D eigenvalue weighted by atomic mass is 19.4. The van der Waals surface area contributed by atoms with Crippen molar-refractivity contribution in [3.63, 3.8) is 0 Å². The van der Waals surface area contributed by atoms with Gasteiger partial charge in [-0.2, -0.15) is 13.2 Å². The lowest BCUT2D eigenvalue weighted by molar-refractivity contribution is -0.140. The summed E-state index contributed by atoms with van der Waals surface area (Å²) >= 11 is 0. The standard InChI is InChI=1S/C15H18F4N2O/c1-9(20)11-3-2-6-21(8-11)14(22)10-4-5-13(16)12(7-10)15(17,18)19/h4-5,7,9,11H,2-3,6,8,20H2,1H3. The van der Waals surface area contributed by atoms with Crippen molar-refractivity contribution in [2.24, 2.45) is 11.7 Å². The van der Waals surface area contributed by atoms with E-state index < -0.39 is 23.5 Å². The van der Waals surface area contributed by atoms with Crippen LogP contribution in [-0.4, -0.2) is 29.9 Å². The molecule has 0 saturated carbocycles. The lowest BCUT2D eigenvalue weighted by atomic mass is 9.92. The summed E-state index contributed by atoms with van der Waals surface area (Å²) in [5.74, 6) is -1.77. The lowest BCUT2D eigenvalue weighted by Gasteiger charge is -2.34. The highest BCUT2D eigenvalue weighted by Crippen LogP contribution is 2.32. The Balaban J connectivity index is 2.23. The van der Waals surface area contributed by atoms with Crippen molar-refractivity contribution < 1.29 is 22.4 Å². The van der Waals surface area contributed by atoms with Crippen LogP contribution < -0.4 is 5.73 Å². The van der Waals surface area contributed by atoms with E-state index in [0.29, 0.717) is 25.2 Å². The third kappa shape index (κ3) is 3.58. The van der Waals surface area contributed by atoms with E-state index in [9.17, 15) is 22.4 Å². The average Bonchev–Trinajstić information content (AvgIpc) is 2.46. The van der Waals surface area contributed by atoms with Crippen molar-refractivity contribution in [2.45, 2.75) is 32.0 Å². The fourth-order valence-electron chi connectivity index (χ4n) is 2.68. The maximum Gasteiger partial charge on any atom is 0.419 e. The first-order chi connectivity index (χ1) is 10.2. The normalized spacial score (nSPS) is 20.8. The minimum atomic E-state index is -4.82. The Hall–Kier alpha value is -1.63. The molecule has 2 rings (SSSR count). The van der Waals surface area contributed by atoms with Crippen LogP contribution in [0, 0.1) is 11.7 Å². The molecule has 0 radical (unpaired) electrons. The van der Waals surface area contributed by atoms with Gasteiger partial charge in [0.25, 0.3) is 5.91 Å². The van der Waals surface area contributed by atoms with Gasteiger partial charge in [-0.15, -0.1) is 0 Å². The Morgan fingerprint density at radius 1 is 1.41 bits per heavy atom. The lowest BCUT2D eigenvalue weighted by Crippen LogP contribution is -2.45. The molecule has 1 fully saturated rings. The van der Waals surface area contributed by atoms with E-state index in [0.717, 1.165) is 18.9 Å². The van der Waals surface area contributed by atoms with Crippen molar-refractivity contribution in [3.05, 3.63) is 35.1 Å². The van der Waals surface area contributed by atoms with Gasteiger partial charge < -0.3 is 10.6 Å². The molecule has 1 aliphatic rings. The zero-order valence-corrected chi connectivity index (χ0v) is 12.2. The fraction of sp³-hybridized carbons (Fsp3) is 0.533. The fourth-order valence-corrected chi connectivity index (χ4v) is 2.68. The second-order valence-electron chi connectivity index (χ2n) is 5.70. The van der Waals surface area contributed by atoms with Gasteiger partial charge in [-0.3, -0.25) is 4.79 Å². The molecule has 0 bridgehead atoms. The van der Waals surface area contributed by atoms with E-state index >= 15 is 0 Å². The van der Waals surface area contributed by atoms with Crippen LogP contribution >= 0.6 is 0 Å². The van der Waals surface area contributed by atoms with Gasteiger partial charge in [-0.05, 0) is 43.9 Å². The van der Waals surface area contributed by atoms with Gasteiger partial charge in [-0.1, -0.05) is 0 Å². The largest absolute Gasteiger partial charge is 0.419 e. The van der Waals surface area contributed by atoms with E-state index in [-0.39, 0.29) is 17.5 Å². The number of carbonyl (C=O) groups is 1. The van der Waals surface area contributed by atoms with Crippen molar-refractivity contribution >= 4 is 5.91 Å². The molecule has 1 heterocycles. The number of amides is 1. The van der Waals surface area contributed by atoms with Crippen molar-refractivity contribution in [1.29, 1.82) is 0 Å². The molecule has 2 unspecified atom stereocenters. The third-order valence-corrected chi connectivity index (χ3v) is 4.01. The molecule has 0 spiro atoms. The van der Waals surface area contributed by atoms with Gasteiger partial charge in [0.2, 0.25) is 0 Å². The number of hydrogen-bond donors (Lipinski definition) is 1. The smallest absolute Gasteiger partial charge is 0.338 e. The molecule has 1 aromatic carbocycles. The summed E-state index contributed by atoms with van der Waals surface area (Å²) < 4.78 is 51.4. The van der Waals surface area contributed by atoms with E-state index in [1.54, 1.807) is 0 Å². The van der Waals surface area contributed by atoms with Crippen LogP contribution in [0.15, 0.2) is 18.2 Å². The van der Waals surface area contributed by atoms with Crippen molar-refractivity contribution in [1.82, 2.24) is 4.90 Å². The molecule has 22 heavy (non-hydrogen) atoms. The molecular formula is C15H18F4N2O. The number of halogens is 4. The number of carbonyl (C=O) groups excluding carboxylic acids is 1. The van der Waals surface area contributed by atoms with E-state index in [4.69, 9.17) is 5.73 Å². The number of rotatable bonds is 2. The van der Waals surface area contributed by atoms with Crippen LogP contribution in [0.5, 0.6) is 0 Å². The topological polar surface area (TPSA) is 46.3 Å². The molecular weight excluding hydrogens is 300 g/mol. The molecule has 0 aromatic heterocycles. The SMILES string of the molecule is CC(N)C1CCCN(C(=O)c2ccc(F)c(C(F)(F)F)c2)C1. The van der Waals surface area contributed by atoms with Gasteiger partial charge >= 0.3 is 6.18 Å². The monoisotopic (exact) mass is 318 g/mol. The second kappa shape index (κ2) is 6.24. The van der Waals surface area contributed by atoms with Crippen LogP contribution in [0.3, 0.4) is 0 Å². The van der Waals surface area contributed by atoms with E-state index in [1.165, 1.54) is 4.90 Å².